The molecule has 1 fully saturated rings. The summed E-state index contributed by atoms with van der Waals surface area (Å²) in [7, 11) is 0. The second-order valence-electron chi connectivity index (χ2n) is 7.39. The number of thioether (sulfide) groups is 1. The number of amides is 2. The van der Waals surface area contributed by atoms with Gasteiger partial charge in [0.25, 0.3) is 17.5 Å². The fourth-order valence-corrected chi connectivity index (χ4v) is 3.96. The van der Waals surface area contributed by atoms with Crippen molar-refractivity contribution in [2.24, 2.45) is 0 Å². The molecule has 2 rings (SSSR count). The summed E-state index contributed by atoms with van der Waals surface area (Å²) >= 11 is 7.48. The number of esters is 1. The molecule has 10 nitrogen and oxygen atoms in total. The fraction of sp³-hybridized carbons (Fsp3) is 0.550. The highest BCUT2D eigenvalue weighted by atomic mass is 35.5. The number of nitro groups is 1. The maximum Gasteiger partial charge on any atom is 0.329 e. The Morgan fingerprint density at radius 1 is 1.34 bits per heavy atom. The number of benzene rings is 1. The lowest BCUT2D eigenvalue weighted by atomic mass is 10.1. The minimum atomic E-state index is -1.00. The molecule has 0 aromatic heterocycles. The van der Waals surface area contributed by atoms with Crippen LogP contribution in [-0.2, 0) is 19.1 Å². The Kier molecular flexibility index (Phi) is 9.73. The van der Waals surface area contributed by atoms with Gasteiger partial charge in [0.2, 0.25) is 0 Å². The van der Waals surface area contributed by atoms with Crippen LogP contribution in [-0.4, -0.2) is 77.6 Å². The van der Waals surface area contributed by atoms with Gasteiger partial charge in [-0.1, -0.05) is 11.6 Å². The number of carbonyl (C=O) groups is 3. The van der Waals surface area contributed by atoms with Crippen LogP contribution in [0.1, 0.15) is 30.6 Å². The van der Waals surface area contributed by atoms with Gasteiger partial charge in [-0.3, -0.25) is 19.7 Å². The van der Waals surface area contributed by atoms with E-state index in [1.54, 1.807) is 4.90 Å². The van der Waals surface area contributed by atoms with E-state index in [-0.39, 0.29) is 40.8 Å². The minimum Gasteiger partial charge on any atom is -0.454 e. The summed E-state index contributed by atoms with van der Waals surface area (Å²) in [5.41, 5.74) is -0.262. The molecule has 1 aromatic rings. The third kappa shape index (κ3) is 7.35. The van der Waals surface area contributed by atoms with Crippen molar-refractivity contribution >= 4 is 46.8 Å². The molecule has 0 spiro atoms. The van der Waals surface area contributed by atoms with Gasteiger partial charge in [-0.25, -0.2) is 4.79 Å². The standard InChI is InChI=1S/C20H26ClN3O7S/c1-12-9-23(10-13(2)31-12)18(25)11-30-20(27)17(6-7-32-3)22-19(26)15-5-4-14(24(28)29)8-16(15)21/h4-5,8,12-13,17H,6-7,9-11H2,1-3H3,(H,22,26). The highest BCUT2D eigenvalue weighted by Gasteiger charge is 2.28. The van der Waals surface area contributed by atoms with Crippen molar-refractivity contribution < 1.29 is 28.8 Å². The second-order valence-corrected chi connectivity index (χ2v) is 8.79. The summed E-state index contributed by atoms with van der Waals surface area (Å²) in [6.07, 6.45) is 1.90. The number of halogens is 1. The molecule has 176 valence electrons. The molecule has 1 aliphatic heterocycles. The molecule has 0 bridgehead atoms. The lowest BCUT2D eigenvalue weighted by Gasteiger charge is -2.35. The van der Waals surface area contributed by atoms with Crippen LogP contribution in [0.2, 0.25) is 5.02 Å². The van der Waals surface area contributed by atoms with Gasteiger partial charge in [0.05, 0.1) is 27.7 Å². The van der Waals surface area contributed by atoms with Crippen LogP contribution in [0.3, 0.4) is 0 Å². The Labute approximate surface area is 195 Å². The van der Waals surface area contributed by atoms with Gasteiger partial charge in [-0.15, -0.1) is 0 Å². The smallest absolute Gasteiger partial charge is 0.329 e. The van der Waals surface area contributed by atoms with Crippen molar-refractivity contribution in [2.75, 3.05) is 31.7 Å². The van der Waals surface area contributed by atoms with E-state index in [1.165, 1.54) is 17.8 Å². The maximum absolute atomic E-state index is 12.6. The molecule has 0 aliphatic carbocycles. The lowest BCUT2D eigenvalue weighted by molar-refractivity contribution is -0.384. The molecule has 0 saturated carbocycles. The number of nitrogens with one attached hydrogen (secondary N) is 1. The quantitative estimate of drug-likeness (QED) is 0.319. The predicted molar refractivity (Wildman–Crippen MR) is 120 cm³/mol. The van der Waals surface area contributed by atoms with Crippen LogP contribution in [0.15, 0.2) is 18.2 Å². The highest BCUT2D eigenvalue weighted by molar-refractivity contribution is 7.98. The van der Waals surface area contributed by atoms with Gasteiger partial charge in [0.1, 0.15) is 6.04 Å². The van der Waals surface area contributed by atoms with Gasteiger partial charge in [-0.2, -0.15) is 11.8 Å². The molecule has 1 saturated heterocycles. The van der Waals surface area contributed by atoms with Crippen molar-refractivity contribution in [3.63, 3.8) is 0 Å². The van der Waals surface area contributed by atoms with Crippen molar-refractivity contribution in [3.8, 4) is 0 Å². The van der Waals surface area contributed by atoms with Crippen LogP contribution in [0.5, 0.6) is 0 Å². The predicted octanol–water partition coefficient (Wildman–Crippen LogP) is 2.28. The summed E-state index contributed by atoms with van der Waals surface area (Å²) in [5.74, 6) is -1.20. The monoisotopic (exact) mass is 487 g/mol. The Hall–Kier alpha value is -2.37. The number of hydrogen-bond donors (Lipinski definition) is 1. The molecule has 3 atom stereocenters. The molecular weight excluding hydrogens is 462 g/mol. The Morgan fingerprint density at radius 2 is 2.00 bits per heavy atom. The average molecular weight is 488 g/mol. The molecule has 0 radical (unpaired) electrons. The fourth-order valence-electron chi connectivity index (χ4n) is 3.23. The largest absolute Gasteiger partial charge is 0.454 e. The van der Waals surface area contributed by atoms with E-state index in [2.05, 4.69) is 5.32 Å². The van der Waals surface area contributed by atoms with E-state index < -0.39 is 29.4 Å². The van der Waals surface area contributed by atoms with Gasteiger partial charge in [0.15, 0.2) is 6.61 Å². The number of hydrogen-bond acceptors (Lipinski definition) is 8. The highest BCUT2D eigenvalue weighted by Crippen LogP contribution is 2.22. The summed E-state index contributed by atoms with van der Waals surface area (Å²) in [6.45, 7) is 4.10. The van der Waals surface area contributed by atoms with E-state index in [0.29, 0.717) is 18.8 Å². The first kappa shape index (κ1) is 25.9. The molecule has 2 amide bonds. The number of nitrogens with zero attached hydrogens (tertiary/aromatic N) is 2. The number of rotatable bonds is 9. The number of nitro benzene ring substituents is 1. The minimum absolute atomic E-state index is 0.00779. The van der Waals surface area contributed by atoms with Crippen LogP contribution in [0.4, 0.5) is 5.69 Å². The van der Waals surface area contributed by atoms with Crippen LogP contribution < -0.4 is 5.32 Å². The Morgan fingerprint density at radius 3 is 2.56 bits per heavy atom. The van der Waals surface area contributed by atoms with Crippen molar-refractivity contribution in [3.05, 3.63) is 38.9 Å². The van der Waals surface area contributed by atoms with E-state index >= 15 is 0 Å². The van der Waals surface area contributed by atoms with Crippen molar-refractivity contribution in [1.29, 1.82) is 0 Å². The Balaban J connectivity index is 2.00. The van der Waals surface area contributed by atoms with E-state index in [4.69, 9.17) is 21.1 Å². The molecule has 3 unspecified atom stereocenters. The molecule has 12 heteroatoms. The maximum atomic E-state index is 12.6. The summed E-state index contributed by atoms with van der Waals surface area (Å²) in [5, 5.41) is 13.3. The van der Waals surface area contributed by atoms with Gasteiger partial charge in [-0.05, 0) is 38.3 Å². The third-order valence-corrected chi connectivity index (χ3v) is 5.68. The van der Waals surface area contributed by atoms with Crippen molar-refractivity contribution in [2.45, 2.75) is 38.5 Å². The molecule has 1 aromatic carbocycles. The normalized spacial score (nSPS) is 19.2. The van der Waals surface area contributed by atoms with E-state index in [1.807, 2.05) is 20.1 Å². The zero-order chi connectivity index (χ0) is 23.8. The second kappa shape index (κ2) is 12.0. The van der Waals surface area contributed by atoms with Gasteiger partial charge < -0.3 is 19.7 Å². The number of morpholine rings is 1. The van der Waals surface area contributed by atoms with Gasteiger partial charge in [0, 0.05) is 25.2 Å². The molecule has 32 heavy (non-hydrogen) atoms. The first-order valence-electron chi connectivity index (χ1n) is 9.96. The van der Waals surface area contributed by atoms with E-state index in [9.17, 15) is 24.5 Å². The lowest BCUT2D eigenvalue weighted by Crippen LogP contribution is -2.50. The average Bonchev–Trinajstić information content (AvgIpc) is 2.73. The van der Waals surface area contributed by atoms with Crippen LogP contribution >= 0.6 is 23.4 Å². The van der Waals surface area contributed by atoms with E-state index in [0.717, 1.165) is 12.1 Å². The molecule has 1 heterocycles. The first-order chi connectivity index (χ1) is 15.1. The van der Waals surface area contributed by atoms with Crippen LogP contribution in [0, 0.1) is 10.1 Å². The third-order valence-electron chi connectivity index (χ3n) is 4.72. The number of ether oxygens (including phenoxy) is 2. The zero-order valence-corrected chi connectivity index (χ0v) is 19.6. The zero-order valence-electron chi connectivity index (χ0n) is 18.0. The number of non-ortho nitro benzene ring substituents is 1. The molecule has 1 N–H and O–H groups in total. The van der Waals surface area contributed by atoms with Crippen LogP contribution in [0.25, 0.3) is 0 Å². The summed E-state index contributed by atoms with van der Waals surface area (Å²) in [6, 6.07) is 2.43. The van der Waals surface area contributed by atoms with Gasteiger partial charge >= 0.3 is 5.97 Å². The SMILES string of the molecule is CSCCC(NC(=O)c1ccc([N+](=O)[O-])cc1Cl)C(=O)OCC(=O)N1CC(C)OC(C)C1. The summed E-state index contributed by atoms with van der Waals surface area (Å²) < 4.78 is 10.8. The first-order valence-corrected chi connectivity index (χ1v) is 11.7. The topological polar surface area (TPSA) is 128 Å². The van der Waals surface area contributed by atoms with Crippen molar-refractivity contribution in [1.82, 2.24) is 10.2 Å². The summed E-state index contributed by atoms with van der Waals surface area (Å²) in [4.78, 5) is 49.4. The molecular formula is C20H26ClN3O7S. The number of carbonyl (C=O) groups excluding carboxylic acids is 3. The Bertz CT molecular complexity index is 860. The molecule has 1 aliphatic rings.